The zero-order valence-electron chi connectivity index (χ0n) is 22.7. The maximum absolute atomic E-state index is 16.5. The normalized spacial score (nSPS) is 27.1. The summed E-state index contributed by atoms with van der Waals surface area (Å²) in [6.45, 7) is 1.19. The SMILES string of the molecule is Nc1cc(Cl)c(C(F)(F)F)c(-c2nc3c4c(nc(OC[C@@]56CCCN5C[C@H](F)C6)nc4c2F)N2CCCC(F)C2CO3)c1. The lowest BCUT2D eigenvalue weighted by molar-refractivity contribution is -0.137. The van der Waals surface area contributed by atoms with Crippen molar-refractivity contribution >= 4 is 34.0 Å². The third-order valence-corrected chi connectivity index (χ3v) is 9.25. The summed E-state index contributed by atoms with van der Waals surface area (Å²) in [4.78, 5) is 16.7. The van der Waals surface area contributed by atoms with Crippen LogP contribution in [0.25, 0.3) is 22.2 Å². The third kappa shape index (κ3) is 4.68. The van der Waals surface area contributed by atoms with Crippen molar-refractivity contribution in [3.8, 4) is 23.1 Å². The van der Waals surface area contributed by atoms with Gasteiger partial charge in [0.15, 0.2) is 5.82 Å². The average Bonchev–Trinajstić information content (AvgIpc) is 3.40. The zero-order chi connectivity index (χ0) is 30.3. The van der Waals surface area contributed by atoms with Gasteiger partial charge in [-0.2, -0.15) is 23.1 Å². The number of hydrogen-bond donors (Lipinski definition) is 1. The van der Waals surface area contributed by atoms with Crippen LogP contribution in [0.4, 0.5) is 37.8 Å². The van der Waals surface area contributed by atoms with E-state index >= 15 is 8.78 Å². The van der Waals surface area contributed by atoms with Crippen LogP contribution < -0.4 is 20.1 Å². The van der Waals surface area contributed by atoms with Crippen molar-refractivity contribution in [2.45, 2.75) is 62.2 Å². The highest BCUT2D eigenvalue weighted by Gasteiger charge is 2.49. The van der Waals surface area contributed by atoms with E-state index in [2.05, 4.69) is 15.0 Å². The van der Waals surface area contributed by atoms with E-state index in [4.69, 9.17) is 26.8 Å². The molecule has 0 radical (unpaired) electrons. The first-order valence-corrected chi connectivity index (χ1v) is 14.5. The van der Waals surface area contributed by atoms with Crippen LogP contribution in [0.5, 0.6) is 11.9 Å². The number of hydrogen-bond acceptors (Lipinski definition) is 8. The van der Waals surface area contributed by atoms with Gasteiger partial charge in [-0.05, 0) is 44.4 Å². The summed E-state index contributed by atoms with van der Waals surface area (Å²) in [5.74, 6) is -1.35. The number of nitrogens with zero attached hydrogens (tertiary/aromatic N) is 5. The van der Waals surface area contributed by atoms with Crippen molar-refractivity contribution in [1.29, 1.82) is 0 Å². The lowest BCUT2D eigenvalue weighted by Crippen LogP contribution is -2.49. The van der Waals surface area contributed by atoms with Crippen LogP contribution in [-0.2, 0) is 6.18 Å². The molecule has 7 rings (SSSR count). The molecule has 2 unspecified atom stereocenters. The van der Waals surface area contributed by atoms with Gasteiger partial charge in [0.05, 0.1) is 22.2 Å². The Bertz CT molecular complexity index is 1610. The molecular formula is C28H27ClF6N6O2. The molecule has 8 nitrogen and oxygen atoms in total. The van der Waals surface area contributed by atoms with Crippen LogP contribution in [0.3, 0.4) is 0 Å². The minimum absolute atomic E-state index is 0.0147. The van der Waals surface area contributed by atoms with Gasteiger partial charge in [-0.1, -0.05) is 11.6 Å². The third-order valence-electron chi connectivity index (χ3n) is 8.95. The highest BCUT2D eigenvalue weighted by atomic mass is 35.5. The van der Waals surface area contributed by atoms with Gasteiger partial charge in [0.1, 0.15) is 48.0 Å². The summed E-state index contributed by atoms with van der Waals surface area (Å²) < 4.78 is 100. The molecule has 0 spiro atoms. The van der Waals surface area contributed by atoms with Gasteiger partial charge in [0, 0.05) is 30.8 Å². The van der Waals surface area contributed by atoms with Crippen LogP contribution in [0.2, 0.25) is 5.02 Å². The average molecular weight is 629 g/mol. The van der Waals surface area contributed by atoms with E-state index in [9.17, 15) is 17.6 Å². The van der Waals surface area contributed by atoms with Crippen LogP contribution in [0.15, 0.2) is 12.1 Å². The molecule has 0 aliphatic carbocycles. The number of aromatic nitrogens is 3. The summed E-state index contributed by atoms with van der Waals surface area (Å²) in [7, 11) is 0. The van der Waals surface area contributed by atoms with E-state index in [0.29, 0.717) is 19.4 Å². The predicted octanol–water partition coefficient (Wildman–Crippen LogP) is 5.74. The number of benzene rings is 1. The summed E-state index contributed by atoms with van der Waals surface area (Å²) in [5.41, 5.74) is 1.91. The van der Waals surface area contributed by atoms with Gasteiger partial charge >= 0.3 is 12.2 Å². The number of alkyl halides is 5. The molecule has 4 aliphatic rings. The highest BCUT2D eigenvalue weighted by molar-refractivity contribution is 6.32. The Morgan fingerprint density at radius 2 is 1.95 bits per heavy atom. The first kappa shape index (κ1) is 28.5. The molecule has 43 heavy (non-hydrogen) atoms. The Kier molecular flexibility index (Phi) is 6.73. The Morgan fingerprint density at radius 3 is 2.74 bits per heavy atom. The number of rotatable bonds is 4. The number of pyridine rings is 1. The first-order valence-electron chi connectivity index (χ1n) is 14.1. The quantitative estimate of drug-likeness (QED) is 0.289. The van der Waals surface area contributed by atoms with Gasteiger partial charge in [0.2, 0.25) is 5.88 Å². The fraction of sp³-hybridized carbons (Fsp3) is 0.536. The molecule has 0 bridgehead atoms. The molecule has 3 saturated heterocycles. The Morgan fingerprint density at radius 1 is 1.14 bits per heavy atom. The fourth-order valence-corrected chi connectivity index (χ4v) is 7.38. The number of ether oxygens (including phenoxy) is 2. The summed E-state index contributed by atoms with van der Waals surface area (Å²) in [6, 6.07) is 0.771. The molecule has 3 fully saturated rings. The van der Waals surface area contributed by atoms with Crippen molar-refractivity contribution in [3.63, 3.8) is 0 Å². The minimum atomic E-state index is -4.98. The fourth-order valence-electron chi connectivity index (χ4n) is 7.04. The molecule has 1 aromatic carbocycles. The van der Waals surface area contributed by atoms with Crippen LogP contribution in [0.1, 0.15) is 37.7 Å². The van der Waals surface area contributed by atoms with Gasteiger partial charge in [-0.25, -0.2) is 18.2 Å². The second-order valence-corrected chi connectivity index (χ2v) is 12.1. The topological polar surface area (TPSA) is 89.6 Å². The molecule has 2 N–H and O–H groups in total. The van der Waals surface area contributed by atoms with Crippen LogP contribution >= 0.6 is 11.6 Å². The van der Waals surface area contributed by atoms with Crippen LogP contribution in [-0.4, -0.2) is 76.6 Å². The van der Waals surface area contributed by atoms with E-state index in [1.54, 1.807) is 4.90 Å². The number of nitrogens with two attached hydrogens (primary N) is 1. The van der Waals surface area contributed by atoms with Gasteiger partial charge in [-0.15, -0.1) is 0 Å². The maximum Gasteiger partial charge on any atom is 0.418 e. The second kappa shape index (κ2) is 10.1. The number of fused-ring (bicyclic) bond motifs is 3. The molecule has 6 heterocycles. The second-order valence-electron chi connectivity index (χ2n) is 11.6. The largest absolute Gasteiger partial charge is 0.475 e. The lowest BCUT2D eigenvalue weighted by Gasteiger charge is -2.37. The predicted molar refractivity (Wildman–Crippen MR) is 146 cm³/mol. The van der Waals surface area contributed by atoms with E-state index in [1.165, 1.54) is 0 Å². The Labute approximate surface area is 247 Å². The smallest absolute Gasteiger partial charge is 0.418 e. The molecule has 2 aromatic heterocycles. The van der Waals surface area contributed by atoms with Gasteiger partial charge < -0.3 is 20.1 Å². The first-order chi connectivity index (χ1) is 20.4. The molecule has 4 aliphatic heterocycles. The Hall–Kier alpha value is -3.26. The number of halogens is 7. The summed E-state index contributed by atoms with van der Waals surface area (Å²) in [5, 5.41) is -0.748. The van der Waals surface area contributed by atoms with Crippen molar-refractivity contribution in [3.05, 3.63) is 28.5 Å². The molecule has 230 valence electrons. The van der Waals surface area contributed by atoms with Crippen LogP contribution in [0, 0.1) is 5.82 Å². The summed E-state index contributed by atoms with van der Waals surface area (Å²) >= 11 is 5.95. The van der Waals surface area contributed by atoms with E-state index in [1.807, 2.05) is 4.90 Å². The zero-order valence-corrected chi connectivity index (χ0v) is 23.5. The van der Waals surface area contributed by atoms with Crippen molar-refractivity contribution in [1.82, 2.24) is 19.9 Å². The van der Waals surface area contributed by atoms with Crippen molar-refractivity contribution in [2.24, 2.45) is 0 Å². The number of anilines is 2. The molecule has 0 saturated carbocycles. The van der Waals surface area contributed by atoms with Crippen molar-refractivity contribution < 1.29 is 35.8 Å². The minimum Gasteiger partial charge on any atom is -0.475 e. The maximum atomic E-state index is 16.5. The Balaban J connectivity index is 1.41. The van der Waals surface area contributed by atoms with E-state index in [-0.39, 0.29) is 61.4 Å². The van der Waals surface area contributed by atoms with E-state index in [0.717, 1.165) is 25.1 Å². The lowest BCUT2D eigenvalue weighted by atomic mass is 9.95. The molecule has 3 aromatic rings. The standard InChI is InChI=1S/C28H27ClF6N6O2/c29-16-8-14(36)7-15(20(16)28(33,34)35)22-21(32)23-19-24(41-6-1-3-17(31)18(41)11-42-25(19)37-22)39-26(38-23)43-12-27-4-2-5-40(27)10-13(30)9-27/h7-8,13,17-18H,1-6,9-12,36H2/t13-,17?,18?,27+/m1/s1. The molecule has 4 atom stereocenters. The molecule has 0 amide bonds. The summed E-state index contributed by atoms with van der Waals surface area (Å²) in [6.07, 6.45) is -4.72. The monoisotopic (exact) mass is 628 g/mol. The highest BCUT2D eigenvalue weighted by Crippen LogP contribution is 2.47. The van der Waals surface area contributed by atoms with Gasteiger partial charge in [-0.3, -0.25) is 4.90 Å². The van der Waals surface area contributed by atoms with Crippen molar-refractivity contribution in [2.75, 3.05) is 43.5 Å². The number of piperidine rings is 1. The number of nitrogen functional groups attached to an aromatic ring is 1. The molecular weight excluding hydrogens is 602 g/mol. The van der Waals surface area contributed by atoms with Gasteiger partial charge in [0.25, 0.3) is 0 Å². The van der Waals surface area contributed by atoms with E-state index < -0.39 is 63.3 Å². The molecule has 15 heteroatoms.